The van der Waals surface area contributed by atoms with E-state index >= 15 is 0 Å². The highest BCUT2D eigenvalue weighted by Gasteiger charge is 2.28. The Hall–Kier alpha value is -0.780. The van der Waals surface area contributed by atoms with Gasteiger partial charge in [0.15, 0.2) is 0 Å². The standard InChI is InChI=1S/C15H23BrN2O2.ClH/c1-5-8-15(3,17)14(19)18-10(2)11-6-7-13(20-4)12(16)9-11;/h6-7,9-10H,5,8,17H2,1-4H3,(H,18,19);1H. The van der Waals surface area contributed by atoms with Gasteiger partial charge in [0, 0.05) is 0 Å². The zero-order valence-electron chi connectivity index (χ0n) is 12.9. The molecule has 1 aromatic rings. The summed E-state index contributed by atoms with van der Waals surface area (Å²) in [5.41, 5.74) is 6.20. The van der Waals surface area contributed by atoms with E-state index in [0.717, 1.165) is 22.2 Å². The second-order valence-corrected chi connectivity index (χ2v) is 6.11. The van der Waals surface area contributed by atoms with Crippen LogP contribution in [0.4, 0.5) is 0 Å². The number of halogens is 2. The van der Waals surface area contributed by atoms with Crippen molar-refractivity contribution >= 4 is 34.2 Å². The Kier molecular flexibility index (Phi) is 8.29. The minimum Gasteiger partial charge on any atom is -0.496 e. The smallest absolute Gasteiger partial charge is 0.240 e. The molecule has 0 aliphatic heterocycles. The molecule has 3 N–H and O–H groups in total. The number of carbonyl (C=O) groups is 1. The van der Waals surface area contributed by atoms with E-state index in [2.05, 4.69) is 21.2 Å². The van der Waals surface area contributed by atoms with Crippen LogP contribution in [0.25, 0.3) is 0 Å². The molecule has 1 aromatic carbocycles. The Labute approximate surface area is 141 Å². The van der Waals surface area contributed by atoms with Crippen LogP contribution in [0.1, 0.15) is 45.2 Å². The molecule has 21 heavy (non-hydrogen) atoms. The van der Waals surface area contributed by atoms with Gasteiger partial charge in [-0.15, -0.1) is 12.4 Å². The number of methoxy groups -OCH3 is 1. The summed E-state index contributed by atoms with van der Waals surface area (Å²) in [5, 5.41) is 2.96. The van der Waals surface area contributed by atoms with Gasteiger partial charge in [-0.25, -0.2) is 0 Å². The number of ether oxygens (including phenoxy) is 1. The Bertz CT molecular complexity index is 481. The van der Waals surface area contributed by atoms with Crippen molar-refractivity contribution < 1.29 is 9.53 Å². The van der Waals surface area contributed by atoms with E-state index in [1.54, 1.807) is 14.0 Å². The molecular formula is C15H24BrClN2O2. The summed E-state index contributed by atoms with van der Waals surface area (Å²) in [6, 6.07) is 5.64. The number of hydrogen-bond acceptors (Lipinski definition) is 3. The molecule has 0 saturated heterocycles. The number of nitrogens with two attached hydrogens (primary N) is 1. The molecule has 0 aliphatic rings. The number of amides is 1. The van der Waals surface area contributed by atoms with Gasteiger partial charge in [-0.05, 0) is 53.9 Å². The van der Waals surface area contributed by atoms with E-state index in [-0.39, 0.29) is 24.4 Å². The molecule has 120 valence electrons. The summed E-state index contributed by atoms with van der Waals surface area (Å²) in [5.74, 6) is 0.640. The molecule has 2 unspecified atom stereocenters. The summed E-state index contributed by atoms with van der Waals surface area (Å²) in [4.78, 5) is 12.2. The number of benzene rings is 1. The lowest BCUT2D eigenvalue weighted by atomic mass is 9.95. The highest BCUT2D eigenvalue weighted by atomic mass is 79.9. The number of hydrogen-bond donors (Lipinski definition) is 2. The van der Waals surface area contributed by atoms with Crippen LogP contribution in [-0.4, -0.2) is 18.6 Å². The summed E-state index contributed by atoms with van der Waals surface area (Å²) in [6.45, 7) is 5.72. The Balaban J connectivity index is 0.00000400. The van der Waals surface area contributed by atoms with E-state index in [4.69, 9.17) is 10.5 Å². The number of rotatable bonds is 6. The minimum absolute atomic E-state index is 0. The molecule has 6 heteroatoms. The van der Waals surface area contributed by atoms with E-state index < -0.39 is 5.54 Å². The molecule has 2 atom stereocenters. The van der Waals surface area contributed by atoms with Crippen LogP contribution < -0.4 is 15.8 Å². The first kappa shape index (κ1) is 20.2. The third kappa shape index (κ3) is 5.49. The highest BCUT2D eigenvalue weighted by Crippen LogP contribution is 2.28. The normalized spacial score (nSPS) is 14.6. The van der Waals surface area contributed by atoms with Gasteiger partial charge in [0.25, 0.3) is 0 Å². The van der Waals surface area contributed by atoms with Crippen LogP contribution in [0.15, 0.2) is 22.7 Å². The zero-order chi connectivity index (χ0) is 15.3. The molecule has 1 rings (SSSR count). The van der Waals surface area contributed by atoms with Gasteiger partial charge >= 0.3 is 0 Å². The first-order chi connectivity index (χ1) is 9.31. The molecule has 1 amide bonds. The monoisotopic (exact) mass is 378 g/mol. The van der Waals surface area contributed by atoms with Crippen LogP contribution in [-0.2, 0) is 4.79 Å². The van der Waals surface area contributed by atoms with E-state index in [9.17, 15) is 4.79 Å². The molecule has 0 aliphatic carbocycles. The summed E-state index contributed by atoms with van der Waals surface area (Å²) < 4.78 is 6.06. The van der Waals surface area contributed by atoms with Gasteiger partial charge in [-0.3, -0.25) is 4.79 Å². The van der Waals surface area contributed by atoms with Crippen molar-refractivity contribution in [1.82, 2.24) is 5.32 Å². The largest absolute Gasteiger partial charge is 0.496 e. The Morgan fingerprint density at radius 1 is 1.52 bits per heavy atom. The van der Waals surface area contributed by atoms with E-state index in [1.165, 1.54) is 0 Å². The average molecular weight is 380 g/mol. The van der Waals surface area contributed by atoms with Crippen molar-refractivity contribution in [3.63, 3.8) is 0 Å². The van der Waals surface area contributed by atoms with Crippen molar-refractivity contribution in [3.8, 4) is 5.75 Å². The Morgan fingerprint density at radius 2 is 2.14 bits per heavy atom. The van der Waals surface area contributed by atoms with Crippen molar-refractivity contribution in [2.75, 3.05) is 7.11 Å². The van der Waals surface area contributed by atoms with Crippen LogP contribution in [0.2, 0.25) is 0 Å². The zero-order valence-corrected chi connectivity index (χ0v) is 15.3. The predicted octanol–water partition coefficient (Wildman–Crippen LogP) is 3.57. The molecule has 0 radical (unpaired) electrons. The van der Waals surface area contributed by atoms with Crippen LogP contribution in [0.3, 0.4) is 0 Å². The fourth-order valence-electron chi connectivity index (χ4n) is 2.03. The van der Waals surface area contributed by atoms with Crippen LogP contribution in [0, 0.1) is 0 Å². The van der Waals surface area contributed by atoms with Crippen LogP contribution in [0.5, 0.6) is 5.75 Å². The van der Waals surface area contributed by atoms with Gasteiger partial charge in [-0.2, -0.15) is 0 Å². The summed E-state index contributed by atoms with van der Waals surface area (Å²) in [7, 11) is 1.62. The van der Waals surface area contributed by atoms with Gasteiger partial charge in [0.05, 0.1) is 23.2 Å². The summed E-state index contributed by atoms with van der Waals surface area (Å²) in [6.07, 6.45) is 1.54. The second kappa shape index (κ2) is 8.61. The van der Waals surface area contributed by atoms with Crippen molar-refractivity contribution in [2.24, 2.45) is 5.73 Å². The quantitative estimate of drug-likeness (QED) is 0.794. The molecule has 0 spiro atoms. The lowest BCUT2D eigenvalue weighted by Gasteiger charge is -2.25. The van der Waals surface area contributed by atoms with E-state index in [0.29, 0.717) is 6.42 Å². The van der Waals surface area contributed by atoms with Gasteiger partial charge in [0.2, 0.25) is 5.91 Å². The highest BCUT2D eigenvalue weighted by molar-refractivity contribution is 9.10. The third-order valence-corrected chi connectivity index (χ3v) is 3.93. The van der Waals surface area contributed by atoms with Crippen molar-refractivity contribution in [1.29, 1.82) is 0 Å². The minimum atomic E-state index is -0.827. The maximum atomic E-state index is 12.2. The molecule has 0 bridgehead atoms. The molecule has 0 aromatic heterocycles. The Morgan fingerprint density at radius 3 is 2.62 bits per heavy atom. The molecule has 0 heterocycles. The second-order valence-electron chi connectivity index (χ2n) is 5.26. The van der Waals surface area contributed by atoms with Crippen molar-refractivity contribution in [2.45, 2.75) is 45.2 Å². The average Bonchev–Trinajstić information content (AvgIpc) is 2.38. The molecule has 0 saturated carbocycles. The van der Waals surface area contributed by atoms with Gasteiger partial charge in [-0.1, -0.05) is 19.4 Å². The maximum absolute atomic E-state index is 12.2. The molecule has 4 nitrogen and oxygen atoms in total. The summed E-state index contributed by atoms with van der Waals surface area (Å²) >= 11 is 3.44. The SMILES string of the molecule is CCCC(C)(N)C(=O)NC(C)c1ccc(OC)c(Br)c1.Cl. The van der Waals surface area contributed by atoms with E-state index in [1.807, 2.05) is 32.0 Å². The molecular weight excluding hydrogens is 356 g/mol. The first-order valence-electron chi connectivity index (χ1n) is 6.75. The fraction of sp³-hybridized carbons (Fsp3) is 0.533. The number of carbonyl (C=O) groups excluding carboxylic acids is 1. The lowest BCUT2D eigenvalue weighted by Crippen LogP contribution is -2.52. The van der Waals surface area contributed by atoms with Crippen LogP contribution >= 0.6 is 28.3 Å². The fourth-order valence-corrected chi connectivity index (χ4v) is 2.59. The van der Waals surface area contributed by atoms with Crippen molar-refractivity contribution in [3.05, 3.63) is 28.2 Å². The first-order valence-corrected chi connectivity index (χ1v) is 7.54. The number of nitrogens with one attached hydrogen (secondary N) is 1. The third-order valence-electron chi connectivity index (χ3n) is 3.31. The molecule has 0 fully saturated rings. The topological polar surface area (TPSA) is 64.4 Å². The van der Waals surface area contributed by atoms with Gasteiger partial charge < -0.3 is 15.8 Å². The van der Waals surface area contributed by atoms with Gasteiger partial charge in [0.1, 0.15) is 5.75 Å². The predicted molar refractivity (Wildman–Crippen MR) is 92.0 cm³/mol. The lowest BCUT2D eigenvalue weighted by molar-refractivity contribution is -0.126. The maximum Gasteiger partial charge on any atom is 0.240 e.